The fourth-order valence-corrected chi connectivity index (χ4v) is 3.51. The first kappa shape index (κ1) is 20.1. The summed E-state index contributed by atoms with van der Waals surface area (Å²) in [6.07, 6.45) is 1.52. The van der Waals surface area contributed by atoms with Gasteiger partial charge in [-0.25, -0.2) is 17.8 Å². The highest BCUT2D eigenvalue weighted by Crippen LogP contribution is 2.17. The van der Waals surface area contributed by atoms with Crippen molar-refractivity contribution in [1.82, 2.24) is 19.8 Å². The molecule has 28 heavy (non-hydrogen) atoms. The Bertz CT molecular complexity index is 1090. The number of amides is 1. The molecule has 0 aliphatic heterocycles. The molecule has 7 nitrogen and oxygen atoms in total. The molecule has 0 radical (unpaired) electrons. The number of nitrogens with one attached hydrogen (secondary N) is 2. The van der Waals surface area contributed by atoms with Crippen LogP contribution in [0.2, 0.25) is 5.02 Å². The molecule has 146 valence electrons. The minimum Gasteiger partial charge on any atom is -0.348 e. The second kappa shape index (κ2) is 8.14. The predicted molar refractivity (Wildman–Crippen MR) is 107 cm³/mol. The van der Waals surface area contributed by atoms with E-state index >= 15 is 0 Å². The van der Waals surface area contributed by atoms with Crippen molar-refractivity contribution in [2.24, 2.45) is 0 Å². The van der Waals surface area contributed by atoms with Crippen LogP contribution >= 0.6 is 11.6 Å². The summed E-state index contributed by atoms with van der Waals surface area (Å²) in [4.78, 5) is 12.7. The number of rotatable bonds is 6. The molecule has 0 saturated heterocycles. The molecule has 0 spiro atoms. The van der Waals surface area contributed by atoms with Gasteiger partial charge >= 0.3 is 0 Å². The van der Waals surface area contributed by atoms with Crippen molar-refractivity contribution >= 4 is 27.5 Å². The van der Waals surface area contributed by atoms with Crippen molar-refractivity contribution in [2.75, 3.05) is 7.05 Å². The van der Waals surface area contributed by atoms with Crippen LogP contribution in [-0.2, 0) is 16.6 Å². The highest BCUT2D eigenvalue weighted by molar-refractivity contribution is 7.89. The Morgan fingerprint density at radius 1 is 1.11 bits per heavy atom. The molecule has 3 rings (SSSR count). The molecule has 0 aliphatic carbocycles. The molecule has 3 aromatic rings. The Kier molecular flexibility index (Phi) is 5.83. The number of nitrogens with zero attached hydrogens (tertiary/aromatic N) is 2. The maximum absolute atomic E-state index is 12.5. The van der Waals surface area contributed by atoms with E-state index in [1.807, 2.05) is 19.1 Å². The van der Waals surface area contributed by atoms with Gasteiger partial charge in [0.1, 0.15) is 0 Å². The lowest BCUT2D eigenvalue weighted by atomic mass is 10.2. The molecule has 1 heterocycles. The zero-order valence-electron chi connectivity index (χ0n) is 15.3. The smallest absolute Gasteiger partial charge is 0.255 e. The van der Waals surface area contributed by atoms with Gasteiger partial charge in [0.15, 0.2) is 0 Å². The standard InChI is InChI=1S/C19H19ClN4O3S/c1-13-18(12-23-24(13)16-7-5-15(20)6-8-16)19(25)22-11-14-3-9-17(10-4-14)28(26,27)21-2/h3-10,12,21H,11H2,1-2H3,(H,22,25). The van der Waals surface area contributed by atoms with Crippen LogP contribution in [0.25, 0.3) is 5.69 Å². The van der Waals surface area contributed by atoms with E-state index in [2.05, 4.69) is 15.1 Å². The fourth-order valence-electron chi connectivity index (χ4n) is 2.66. The molecule has 2 aromatic carbocycles. The SMILES string of the molecule is CNS(=O)(=O)c1ccc(CNC(=O)c2cnn(-c3ccc(Cl)cc3)c2C)cc1. The van der Waals surface area contributed by atoms with Gasteiger partial charge < -0.3 is 5.32 Å². The largest absolute Gasteiger partial charge is 0.348 e. The van der Waals surface area contributed by atoms with Crippen molar-refractivity contribution in [3.63, 3.8) is 0 Å². The van der Waals surface area contributed by atoms with Crippen molar-refractivity contribution in [3.8, 4) is 5.69 Å². The van der Waals surface area contributed by atoms with Crippen LogP contribution in [0.5, 0.6) is 0 Å². The lowest BCUT2D eigenvalue weighted by Crippen LogP contribution is -2.23. The molecule has 1 aromatic heterocycles. The summed E-state index contributed by atoms with van der Waals surface area (Å²) in [7, 11) is -2.12. The van der Waals surface area contributed by atoms with Crippen LogP contribution in [0.3, 0.4) is 0 Å². The van der Waals surface area contributed by atoms with Gasteiger partial charge in [0, 0.05) is 11.6 Å². The highest BCUT2D eigenvalue weighted by atomic mass is 35.5. The van der Waals surface area contributed by atoms with Crippen molar-refractivity contribution in [3.05, 3.63) is 76.6 Å². The maximum atomic E-state index is 12.5. The summed E-state index contributed by atoms with van der Waals surface area (Å²) in [5.74, 6) is -0.260. The van der Waals surface area contributed by atoms with E-state index in [9.17, 15) is 13.2 Å². The van der Waals surface area contributed by atoms with E-state index in [0.717, 1.165) is 11.3 Å². The predicted octanol–water partition coefficient (Wildman–Crippen LogP) is 2.67. The number of halogens is 1. The number of carbonyl (C=O) groups excluding carboxylic acids is 1. The number of carbonyl (C=O) groups is 1. The Labute approximate surface area is 168 Å². The van der Waals surface area contributed by atoms with Crippen LogP contribution in [0.1, 0.15) is 21.6 Å². The van der Waals surface area contributed by atoms with Gasteiger partial charge in [-0.15, -0.1) is 0 Å². The van der Waals surface area contributed by atoms with Gasteiger partial charge in [0.05, 0.1) is 28.0 Å². The van der Waals surface area contributed by atoms with Crippen LogP contribution < -0.4 is 10.0 Å². The normalized spacial score (nSPS) is 11.4. The van der Waals surface area contributed by atoms with Crippen LogP contribution in [0.4, 0.5) is 0 Å². The Morgan fingerprint density at radius 3 is 2.36 bits per heavy atom. The second-order valence-electron chi connectivity index (χ2n) is 6.07. The first-order valence-electron chi connectivity index (χ1n) is 8.43. The van der Waals surface area contributed by atoms with Crippen molar-refractivity contribution < 1.29 is 13.2 Å². The van der Waals surface area contributed by atoms with E-state index in [0.29, 0.717) is 16.3 Å². The topological polar surface area (TPSA) is 93.1 Å². The van der Waals surface area contributed by atoms with Gasteiger partial charge in [-0.2, -0.15) is 5.10 Å². The second-order valence-corrected chi connectivity index (χ2v) is 8.39. The summed E-state index contributed by atoms with van der Waals surface area (Å²) < 4.78 is 27.4. The first-order valence-corrected chi connectivity index (χ1v) is 10.3. The summed E-state index contributed by atoms with van der Waals surface area (Å²) in [6.45, 7) is 2.08. The Balaban J connectivity index is 1.70. The average Bonchev–Trinajstić information content (AvgIpc) is 3.08. The molecule has 0 unspecified atom stereocenters. The fraction of sp³-hybridized carbons (Fsp3) is 0.158. The molecule has 0 bridgehead atoms. The van der Waals surface area contributed by atoms with Crippen LogP contribution in [-0.4, -0.2) is 31.2 Å². The van der Waals surface area contributed by atoms with Gasteiger partial charge in [0.2, 0.25) is 10.0 Å². The van der Waals surface area contributed by atoms with E-state index < -0.39 is 10.0 Å². The quantitative estimate of drug-likeness (QED) is 0.643. The number of hydrogen-bond donors (Lipinski definition) is 2. The number of benzene rings is 2. The lowest BCUT2D eigenvalue weighted by molar-refractivity contribution is 0.0950. The van der Waals surface area contributed by atoms with Gasteiger partial charge in [-0.05, 0) is 55.9 Å². The Hall–Kier alpha value is -2.68. The highest BCUT2D eigenvalue weighted by Gasteiger charge is 2.15. The molecule has 0 saturated carbocycles. The monoisotopic (exact) mass is 418 g/mol. The molecule has 2 N–H and O–H groups in total. The number of hydrogen-bond acceptors (Lipinski definition) is 4. The third-order valence-corrected chi connectivity index (χ3v) is 5.96. The summed E-state index contributed by atoms with van der Waals surface area (Å²) in [6, 6.07) is 13.5. The minimum absolute atomic E-state index is 0.171. The first-order chi connectivity index (χ1) is 13.3. The van der Waals surface area contributed by atoms with E-state index in [4.69, 9.17) is 11.6 Å². The van der Waals surface area contributed by atoms with E-state index in [1.165, 1.54) is 25.4 Å². The molecule has 9 heteroatoms. The minimum atomic E-state index is -3.48. The summed E-state index contributed by atoms with van der Waals surface area (Å²) in [5, 5.41) is 7.73. The van der Waals surface area contributed by atoms with Crippen LogP contribution in [0.15, 0.2) is 59.6 Å². The van der Waals surface area contributed by atoms with Crippen molar-refractivity contribution in [2.45, 2.75) is 18.4 Å². The van der Waals surface area contributed by atoms with E-state index in [-0.39, 0.29) is 17.3 Å². The van der Waals surface area contributed by atoms with Gasteiger partial charge in [-0.1, -0.05) is 23.7 Å². The van der Waals surface area contributed by atoms with Gasteiger partial charge in [0.25, 0.3) is 5.91 Å². The third kappa shape index (κ3) is 4.24. The zero-order chi connectivity index (χ0) is 20.3. The maximum Gasteiger partial charge on any atom is 0.255 e. The average molecular weight is 419 g/mol. The lowest BCUT2D eigenvalue weighted by Gasteiger charge is -2.08. The molecule has 0 fully saturated rings. The summed E-state index contributed by atoms with van der Waals surface area (Å²) in [5.41, 5.74) is 2.76. The third-order valence-electron chi connectivity index (χ3n) is 4.28. The van der Waals surface area contributed by atoms with Crippen LogP contribution in [0, 0.1) is 6.92 Å². The zero-order valence-corrected chi connectivity index (χ0v) is 16.9. The molecular formula is C19H19ClN4O3S. The summed E-state index contributed by atoms with van der Waals surface area (Å²) >= 11 is 5.91. The Morgan fingerprint density at radius 2 is 1.75 bits per heavy atom. The number of sulfonamides is 1. The van der Waals surface area contributed by atoms with E-state index in [1.54, 1.807) is 28.9 Å². The molecule has 0 atom stereocenters. The van der Waals surface area contributed by atoms with Crippen molar-refractivity contribution in [1.29, 1.82) is 0 Å². The molecule has 1 amide bonds. The number of aromatic nitrogens is 2. The molecular weight excluding hydrogens is 400 g/mol. The van der Waals surface area contributed by atoms with Gasteiger partial charge in [-0.3, -0.25) is 4.79 Å². The molecule has 0 aliphatic rings.